The summed E-state index contributed by atoms with van der Waals surface area (Å²) < 4.78 is 0. The summed E-state index contributed by atoms with van der Waals surface area (Å²) in [6.07, 6.45) is 3.07. The molecule has 0 spiro atoms. The zero-order chi connectivity index (χ0) is 8.48. The predicted molar refractivity (Wildman–Crippen MR) is 36.4 cm³/mol. The van der Waals surface area contributed by atoms with Crippen molar-refractivity contribution in [3.63, 3.8) is 0 Å². The lowest BCUT2D eigenvalue weighted by atomic mass is 10.1. The smallest absolute Gasteiger partial charge is 0.346 e. The van der Waals surface area contributed by atoms with E-state index in [0.29, 0.717) is 0 Å². The number of aliphatic hydroxyl groups excluding tert-OH is 1. The Morgan fingerprint density at radius 3 is 2.73 bits per heavy atom. The van der Waals surface area contributed by atoms with Crippen molar-refractivity contribution in [2.24, 2.45) is 0 Å². The highest BCUT2D eigenvalue weighted by molar-refractivity contribution is 5.19. The molecule has 0 saturated carbocycles. The highest BCUT2D eigenvalue weighted by Crippen LogP contribution is 2.19. The van der Waals surface area contributed by atoms with Crippen molar-refractivity contribution in [3.8, 4) is 0 Å². The normalized spacial score (nSPS) is 29.7. The lowest BCUT2D eigenvalue weighted by molar-refractivity contribution is -0.607. The van der Waals surface area contributed by atoms with Crippen molar-refractivity contribution >= 4 is 0 Å². The van der Waals surface area contributed by atoms with E-state index in [1.165, 1.54) is 6.08 Å². The summed E-state index contributed by atoms with van der Waals surface area (Å²) in [5.41, 5.74) is -2.04. The monoisotopic (exact) mass is 157 g/mol. The second-order valence-corrected chi connectivity index (χ2v) is 2.30. The summed E-state index contributed by atoms with van der Waals surface area (Å²) in [4.78, 5) is 9.38. The van der Waals surface area contributed by atoms with Crippen molar-refractivity contribution in [1.82, 2.24) is 0 Å². The van der Waals surface area contributed by atoms with Crippen LogP contribution in [0.15, 0.2) is 24.0 Å². The van der Waals surface area contributed by atoms with Crippen LogP contribution in [-0.2, 0) is 0 Å². The second kappa shape index (κ2) is 2.35. The van der Waals surface area contributed by atoms with Crippen molar-refractivity contribution < 1.29 is 15.1 Å². The van der Waals surface area contributed by atoms with E-state index < -0.39 is 10.6 Å². The maximum Gasteiger partial charge on any atom is 0.346 e. The standard InChI is InChI=1S/C6H7NO4/c8-5-1-3-6(9,4-2-5)7(10)11/h1-3,8-9H,4H2. The van der Waals surface area contributed by atoms with Crippen LogP contribution in [0.4, 0.5) is 0 Å². The number of hydrogen-bond acceptors (Lipinski definition) is 4. The van der Waals surface area contributed by atoms with Gasteiger partial charge in [0.2, 0.25) is 0 Å². The maximum absolute atomic E-state index is 10.2. The average molecular weight is 157 g/mol. The molecule has 60 valence electrons. The second-order valence-electron chi connectivity index (χ2n) is 2.30. The Hall–Kier alpha value is -1.36. The molecular formula is C6H7NO4. The van der Waals surface area contributed by atoms with Crippen LogP contribution in [0.3, 0.4) is 0 Å². The molecule has 5 nitrogen and oxygen atoms in total. The summed E-state index contributed by atoms with van der Waals surface area (Å²) in [5, 5.41) is 28.1. The highest BCUT2D eigenvalue weighted by atomic mass is 16.7. The lowest BCUT2D eigenvalue weighted by Crippen LogP contribution is -2.36. The molecule has 11 heavy (non-hydrogen) atoms. The van der Waals surface area contributed by atoms with Crippen LogP contribution in [-0.4, -0.2) is 20.9 Å². The van der Waals surface area contributed by atoms with Gasteiger partial charge in [0.25, 0.3) is 0 Å². The third-order valence-electron chi connectivity index (χ3n) is 1.45. The number of nitrogens with zero attached hydrogens (tertiary/aromatic N) is 1. The molecule has 5 heteroatoms. The van der Waals surface area contributed by atoms with E-state index in [-0.39, 0.29) is 12.2 Å². The molecule has 0 aromatic rings. The van der Waals surface area contributed by atoms with Crippen LogP contribution >= 0.6 is 0 Å². The number of nitro groups is 1. The predicted octanol–water partition coefficient (Wildman–Crippen LogP) is 0.353. The number of aliphatic hydroxyl groups is 2. The number of hydrogen-bond donors (Lipinski definition) is 2. The lowest BCUT2D eigenvalue weighted by Gasteiger charge is -2.15. The van der Waals surface area contributed by atoms with E-state index in [9.17, 15) is 10.1 Å². The van der Waals surface area contributed by atoms with Gasteiger partial charge in [-0.3, -0.25) is 10.1 Å². The van der Waals surface area contributed by atoms with E-state index in [1.807, 2.05) is 0 Å². The fraction of sp³-hybridized carbons (Fsp3) is 0.333. The van der Waals surface area contributed by atoms with Gasteiger partial charge >= 0.3 is 5.72 Å². The van der Waals surface area contributed by atoms with Crippen molar-refractivity contribution in [2.45, 2.75) is 12.1 Å². The van der Waals surface area contributed by atoms with E-state index >= 15 is 0 Å². The fourth-order valence-electron chi connectivity index (χ4n) is 0.745. The summed E-state index contributed by atoms with van der Waals surface area (Å²) >= 11 is 0. The molecule has 1 atom stereocenters. The molecule has 0 radical (unpaired) electrons. The first kappa shape index (κ1) is 7.74. The molecule has 0 aliphatic heterocycles. The Kier molecular flexibility index (Phi) is 1.66. The average Bonchev–Trinajstić information content (AvgIpc) is 1.95. The van der Waals surface area contributed by atoms with Gasteiger partial charge in [0, 0.05) is 6.08 Å². The molecule has 2 N–H and O–H groups in total. The van der Waals surface area contributed by atoms with Crippen LogP contribution in [0, 0.1) is 10.1 Å². The minimum Gasteiger partial charge on any atom is -0.508 e. The quantitative estimate of drug-likeness (QED) is 0.327. The van der Waals surface area contributed by atoms with Gasteiger partial charge in [0.15, 0.2) is 0 Å². The van der Waals surface area contributed by atoms with Crippen LogP contribution in [0.25, 0.3) is 0 Å². The van der Waals surface area contributed by atoms with Gasteiger partial charge in [-0.1, -0.05) is 0 Å². The Morgan fingerprint density at radius 2 is 2.36 bits per heavy atom. The van der Waals surface area contributed by atoms with Crippen molar-refractivity contribution in [3.05, 3.63) is 34.1 Å². The molecule has 0 bridgehead atoms. The maximum atomic E-state index is 10.2. The molecule has 0 heterocycles. The molecule has 0 aromatic carbocycles. The van der Waals surface area contributed by atoms with E-state index in [2.05, 4.69) is 0 Å². The van der Waals surface area contributed by atoms with Crippen LogP contribution in [0.5, 0.6) is 0 Å². The van der Waals surface area contributed by atoms with E-state index in [0.717, 1.165) is 12.2 Å². The fourth-order valence-corrected chi connectivity index (χ4v) is 0.745. The van der Waals surface area contributed by atoms with Crippen molar-refractivity contribution in [2.75, 3.05) is 0 Å². The first-order valence-corrected chi connectivity index (χ1v) is 3.00. The molecule has 0 amide bonds. The summed E-state index contributed by atoms with van der Waals surface area (Å²) in [6, 6.07) is 0. The van der Waals surface area contributed by atoms with Gasteiger partial charge in [0.1, 0.15) is 5.76 Å². The molecule has 0 saturated heterocycles. The molecule has 0 aromatic heterocycles. The Morgan fingerprint density at radius 1 is 1.73 bits per heavy atom. The highest BCUT2D eigenvalue weighted by Gasteiger charge is 2.37. The van der Waals surface area contributed by atoms with Gasteiger partial charge in [-0.2, -0.15) is 0 Å². The van der Waals surface area contributed by atoms with Crippen LogP contribution < -0.4 is 0 Å². The van der Waals surface area contributed by atoms with E-state index in [1.54, 1.807) is 0 Å². The van der Waals surface area contributed by atoms with Crippen LogP contribution in [0.2, 0.25) is 0 Å². The Balaban J connectivity index is 2.82. The van der Waals surface area contributed by atoms with Gasteiger partial charge in [-0.15, -0.1) is 0 Å². The number of rotatable bonds is 1. The zero-order valence-corrected chi connectivity index (χ0v) is 5.60. The third-order valence-corrected chi connectivity index (χ3v) is 1.45. The summed E-state index contributed by atoms with van der Waals surface area (Å²) in [7, 11) is 0. The minimum absolute atomic E-state index is 0.0588. The largest absolute Gasteiger partial charge is 0.508 e. The summed E-state index contributed by atoms with van der Waals surface area (Å²) in [6.45, 7) is 0. The van der Waals surface area contributed by atoms with Gasteiger partial charge in [-0.05, 0) is 12.2 Å². The first-order chi connectivity index (χ1) is 5.04. The Labute approximate surface area is 62.4 Å². The SMILES string of the molecule is O=[N+]([O-])C1(O)C=CC(O)=CC1. The van der Waals surface area contributed by atoms with Crippen molar-refractivity contribution in [1.29, 1.82) is 0 Å². The Bertz CT molecular complexity index is 245. The van der Waals surface area contributed by atoms with E-state index in [4.69, 9.17) is 10.2 Å². The van der Waals surface area contributed by atoms with Crippen LogP contribution in [0.1, 0.15) is 6.42 Å². The molecule has 0 fully saturated rings. The third kappa shape index (κ3) is 1.38. The molecule has 1 aliphatic rings. The van der Waals surface area contributed by atoms with Gasteiger partial charge in [0.05, 0.1) is 11.3 Å². The first-order valence-electron chi connectivity index (χ1n) is 3.00. The van der Waals surface area contributed by atoms with Gasteiger partial charge < -0.3 is 10.2 Å². The zero-order valence-electron chi connectivity index (χ0n) is 5.60. The molecular weight excluding hydrogens is 150 g/mol. The molecule has 1 aliphatic carbocycles. The summed E-state index contributed by atoms with van der Waals surface area (Å²) in [5.74, 6) is -0.0588. The topological polar surface area (TPSA) is 83.6 Å². The van der Waals surface area contributed by atoms with Gasteiger partial charge in [-0.25, -0.2) is 0 Å². The number of allylic oxidation sites excluding steroid dienone is 1. The molecule has 1 rings (SSSR count). The minimum atomic E-state index is -2.04. The molecule has 1 unspecified atom stereocenters.